The number of hydrogen-bond donors (Lipinski definition) is 0. The molecule has 15 heavy (non-hydrogen) atoms. The van der Waals surface area contributed by atoms with Gasteiger partial charge in [-0.3, -0.25) is 4.79 Å². The van der Waals surface area contributed by atoms with E-state index < -0.39 is 0 Å². The lowest BCUT2D eigenvalue weighted by Gasteiger charge is -2.13. The molecule has 2 heteroatoms. The lowest BCUT2D eigenvalue weighted by molar-refractivity contribution is 0.0863. The third kappa shape index (κ3) is 1.46. The van der Waals surface area contributed by atoms with E-state index >= 15 is 0 Å². The number of fused-ring (bicyclic) bond motifs is 1. The highest BCUT2D eigenvalue weighted by Gasteiger charge is 2.38. The van der Waals surface area contributed by atoms with Crippen molar-refractivity contribution >= 4 is 21.7 Å². The highest BCUT2D eigenvalue weighted by atomic mass is 79.9. The van der Waals surface area contributed by atoms with Gasteiger partial charge in [0.1, 0.15) is 0 Å². The molecule has 80 valence electrons. The summed E-state index contributed by atoms with van der Waals surface area (Å²) in [4.78, 5) is 12.1. The molecule has 0 amide bonds. The van der Waals surface area contributed by atoms with Gasteiger partial charge in [0.25, 0.3) is 0 Å². The minimum atomic E-state index is -0.222. The van der Waals surface area contributed by atoms with Crippen LogP contribution in [0.2, 0.25) is 0 Å². The number of carbonyl (C=O) groups excluding carboxylic acids is 1. The van der Waals surface area contributed by atoms with Crippen LogP contribution in [0.15, 0.2) is 10.5 Å². The molecule has 0 radical (unpaired) electrons. The Kier molecular flexibility index (Phi) is 2.30. The Morgan fingerprint density at radius 3 is 2.53 bits per heavy atom. The van der Waals surface area contributed by atoms with Gasteiger partial charge in [0, 0.05) is 15.5 Å². The number of carbonyl (C=O) groups is 1. The zero-order valence-electron chi connectivity index (χ0n) is 9.57. The lowest BCUT2D eigenvalue weighted by atomic mass is 9.89. The van der Waals surface area contributed by atoms with Crippen LogP contribution in [-0.2, 0) is 6.42 Å². The van der Waals surface area contributed by atoms with Crippen LogP contribution >= 0.6 is 15.9 Å². The molecule has 0 N–H and O–H groups in total. The fourth-order valence-corrected chi connectivity index (χ4v) is 2.67. The van der Waals surface area contributed by atoms with Crippen LogP contribution in [0.5, 0.6) is 0 Å². The highest BCUT2D eigenvalue weighted by Crippen LogP contribution is 2.40. The van der Waals surface area contributed by atoms with Gasteiger partial charge in [-0.25, -0.2) is 0 Å². The molecule has 0 heterocycles. The number of halogens is 1. The van der Waals surface area contributed by atoms with Gasteiger partial charge in [0.2, 0.25) is 0 Å². The first-order valence-electron chi connectivity index (χ1n) is 5.18. The van der Waals surface area contributed by atoms with E-state index in [1.165, 1.54) is 11.1 Å². The molecule has 0 fully saturated rings. The molecule has 1 aliphatic rings. The van der Waals surface area contributed by atoms with Crippen molar-refractivity contribution in [1.82, 2.24) is 0 Å². The van der Waals surface area contributed by atoms with Crippen molar-refractivity contribution in [3.05, 3.63) is 32.8 Å². The van der Waals surface area contributed by atoms with Gasteiger partial charge in [0.15, 0.2) is 5.78 Å². The molecular weight excluding hydrogens is 252 g/mol. The minimum absolute atomic E-state index is 0.222. The van der Waals surface area contributed by atoms with Crippen LogP contribution in [0.4, 0.5) is 0 Å². The van der Waals surface area contributed by atoms with Crippen molar-refractivity contribution in [2.75, 3.05) is 0 Å². The fourth-order valence-electron chi connectivity index (χ4n) is 2.31. The Hall–Kier alpha value is -0.630. The largest absolute Gasteiger partial charge is 0.294 e. The van der Waals surface area contributed by atoms with Crippen molar-refractivity contribution in [3.63, 3.8) is 0 Å². The van der Waals surface area contributed by atoms with E-state index in [1.54, 1.807) is 0 Å². The van der Waals surface area contributed by atoms with Crippen molar-refractivity contribution in [3.8, 4) is 0 Å². The zero-order valence-corrected chi connectivity index (χ0v) is 11.2. The van der Waals surface area contributed by atoms with Crippen molar-refractivity contribution in [2.45, 2.75) is 34.1 Å². The summed E-state index contributed by atoms with van der Waals surface area (Å²) < 4.78 is 1.15. The molecule has 0 saturated heterocycles. The topological polar surface area (TPSA) is 17.1 Å². The summed E-state index contributed by atoms with van der Waals surface area (Å²) >= 11 is 3.58. The van der Waals surface area contributed by atoms with E-state index in [1.807, 2.05) is 26.8 Å². The average Bonchev–Trinajstić information content (AvgIpc) is 2.38. The first-order valence-corrected chi connectivity index (χ1v) is 5.97. The van der Waals surface area contributed by atoms with Gasteiger partial charge in [0.05, 0.1) is 0 Å². The molecule has 0 saturated carbocycles. The van der Waals surface area contributed by atoms with E-state index in [9.17, 15) is 4.79 Å². The summed E-state index contributed by atoms with van der Waals surface area (Å²) in [6.45, 7) is 8.18. The van der Waals surface area contributed by atoms with E-state index in [0.29, 0.717) is 0 Å². The Morgan fingerprint density at radius 2 is 1.93 bits per heavy atom. The van der Waals surface area contributed by atoms with E-state index in [0.717, 1.165) is 22.0 Å². The normalized spacial score (nSPS) is 18.1. The molecule has 1 aromatic carbocycles. The molecule has 0 aliphatic heterocycles. The Bertz CT molecular complexity index is 458. The minimum Gasteiger partial charge on any atom is -0.294 e. The second-order valence-electron chi connectivity index (χ2n) is 5.05. The molecule has 0 unspecified atom stereocenters. The van der Waals surface area contributed by atoms with Gasteiger partial charge < -0.3 is 0 Å². The van der Waals surface area contributed by atoms with Crippen molar-refractivity contribution in [2.24, 2.45) is 5.41 Å². The molecule has 0 atom stereocenters. The maximum atomic E-state index is 12.1. The number of aryl methyl sites for hydroxylation is 1. The van der Waals surface area contributed by atoms with Gasteiger partial charge in [-0.15, -0.1) is 0 Å². The Morgan fingerprint density at radius 1 is 1.33 bits per heavy atom. The average molecular weight is 267 g/mol. The molecule has 0 bridgehead atoms. The number of ketones is 1. The number of hydrogen-bond acceptors (Lipinski definition) is 1. The highest BCUT2D eigenvalue weighted by molar-refractivity contribution is 9.10. The second-order valence-corrected chi connectivity index (χ2v) is 5.84. The summed E-state index contributed by atoms with van der Waals surface area (Å²) in [5.74, 6) is 0.288. The molecule has 2 rings (SSSR count). The van der Waals surface area contributed by atoms with Crippen LogP contribution in [0, 0.1) is 19.3 Å². The van der Waals surface area contributed by atoms with Crippen molar-refractivity contribution < 1.29 is 4.79 Å². The summed E-state index contributed by atoms with van der Waals surface area (Å²) in [5, 5.41) is 0. The third-order valence-electron chi connectivity index (χ3n) is 3.29. The van der Waals surface area contributed by atoms with Gasteiger partial charge >= 0.3 is 0 Å². The quantitative estimate of drug-likeness (QED) is 0.698. The molecule has 1 nitrogen and oxygen atoms in total. The molecule has 1 aliphatic carbocycles. The molecule has 1 aromatic rings. The SMILES string of the molecule is Cc1cc2c(c(C)c1Br)CC(C)(C)C2=O. The van der Waals surface area contributed by atoms with Crippen LogP contribution in [0.25, 0.3) is 0 Å². The van der Waals surface area contributed by atoms with E-state index in [4.69, 9.17) is 0 Å². The maximum Gasteiger partial charge on any atom is 0.169 e. The smallest absolute Gasteiger partial charge is 0.169 e. The predicted octanol–water partition coefficient (Wildman–Crippen LogP) is 3.83. The summed E-state index contributed by atoms with van der Waals surface area (Å²) in [7, 11) is 0. The predicted molar refractivity (Wildman–Crippen MR) is 65.4 cm³/mol. The molecule has 0 aromatic heterocycles. The summed E-state index contributed by atoms with van der Waals surface area (Å²) in [6.07, 6.45) is 0.867. The summed E-state index contributed by atoms with van der Waals surface area (Å²) in [6, 6.07) is 2.02. The molecular formula is C13H15BrO. The zero-order chi connectivity index (χ0) is 11.4. The fraction of sp³-hybridized carbons (Fsp3) is 0.462. The lowest BCUT2D eigenvalue weighted by Crippen LogP contribution is -2.18. The third-order valence-corrected chi connectivity index (χ3v) is 4.51. The number of Topliss-reactive ketones (excluding diaryl/α,β-unsaturated/α-hetero) is 1. The maximum absolute atomic E-state index is 12.1. The first kappa shape index (κ1) is 10.9. The van der Waals surface area contributed by atoms with Crippen LogP contribution < -0.4 is 0 Å². The Labute approximate surface area is 99.0 Å². The van der Waals surface area contributed by atoms with Crippen LogP contribution in [0.3, 0.4) is 0 Å². The summed E-state index contributed by atoms with van der Waals surface area (Å²) in [5.41, 5.74) is 4.31. The van der Waals surface area contributed by atoms with E-state index in [-0.39, 0.29) is 11.2 Å². The Balaban J connectivity index is 2.71. The number of benzene rings is 1. The van der Waals surface area contributed by atoms with Gasteiger partial charge in [-0.05, 0) is 43.0 Å². The first-order chi connectivity index (χ1) is 6.84. The van der Waals surface area contributed by atoms with Crippen LogP contribution in [0.1, 0.15) is 40.9 Å². The monoisotopic (exact) mass is 266 g/mol. The van der Waals surface area contributed by atoms with Crippen molar-refractivity contribution in [1.29, 1.82) is 0 Å². The molecule has 0 spiro atoms. The standard InChI is InChI=1S/C13H15BrO/c1-7-5-9-10(8(2)11(7)14)6-13(3,4)12(9)15/h5H,6H2,1-4H3. The second kappa shape index (κ2) is 3.18. The van der Waals surface area contributed by atoms with Gasteiger partial charge in [-0.2, -0.15) is 0 Å². The van der Waals surface area contributed by atoms with Crippen LogP contribution in [-0.4, -0.2) is 5.78 Å². The number of rotatable bonds is 0. The van der Waals surface area contributed by atoms with E-state index in [2.05, 4.69) is 22.9 Å². The van der Waals surface area contributed by atoms with Gasteiger partial charge in [-0.1, -0.05) is 29.8 Å².